The lowest BCUT2D eigenvalue weighted by molar-refractivity contribution is 0.200. The number of hydrogen-bond acceptors (Lipinski definition) is 5. The topological polar surface area (TPSA) is 54.2 Å². The van der Waals surface area contributed by atoms with Crippen LogP contribution in [0.2, 0.25) is 0 Å². The van der Waals surface area contributed by atoms with Crippen LogP contribution in [0.25, 0.3) is 0 Å². The smallest absolute Gasteiger partial charge is 0.240 e. The summed E-state index contributed by atoms with van der Waals surface area (Å²) in [5.74, 6) is 3.13. The first kappa shape index (κ1) is 13.1. The van der Waals surface area contributed by atoms with E-state index in [0.29, 0.717) is 6.04 Å². The van der Waals surface area contributed by atoms with Gasteiger partial charge in [0, 0.05) is 18.0 Å². The highest BCUT2D eigenvalue weighted by Gasteiger charge is 2.42. The van der Waals surface area contributed by atoms with Gasteiger partial charge < -0.3 is 9.84 Å². The van der Waals surface area contributed by atoms with Gasteiger partial charge in [0.1, 0.15) is 0 Å². The van der Waals surface area contributed by atoms with Crippen molar-refractivity contribution in [3.63, 3.8) is 0 Å². The Hall–Kier alpha value is -0.940. The predicted molar refractivity (Wildman–Crippen MR) is 72.7 cm³/mol. The molecule has 0 bridgehead atoms. The van der Waals surface area contributed by atoms with Gasteiger partial charge in [0.25, 0.3) is 0 Å². The molecule has 2 saturated heterocycles. The van der Waals surface area contributed by atoms with Crippen molar-refractivity contribution < 1.29 is 4.52 Å². The number of fused-ring (bicyclic) bond motifs is 1. The highest BCUT2D eigenvalue weighted by atomic mass is 16.5. The Morgan fingerprint density at radius 3 is 2.79 bits per heavy atom. The molecule has 19 heavy (non-hydrogen) atoms. The summed E-state index contributed by atoms with van der Waals surface area (Å²) in [7, 11) is 0. The lowest BCUT2D eigenvalue weighted by Gasteiger charge is -2.22. The number of nitrogens with one attached hydrogen (secondary N) is 1. The van der Waals surface area contributed by atoms with Gasteiger partial charge in [-0.15, -0.1) is 0 Å². The van der Waals surface area contributed by atoms with Crippen molar-refractivity contribution in [1.29, 1.82) is 0 Å². The van der Waals surface area contributed by atoms with Crippen molar-refractivity contribution in [2.45, 2.75) is 45.7 Å². The van der Waals surface area contributed by atoms with Gasteiger partial charge in [0.15, 0.2) is 5.82 Å². The first-order valence-corrected chi connectivity index (χ1v) is 7.23. The minimum Gasteiger partial charge on any atom is -0.338 e. The molecule has 0 amide bonds. The van der Waals surface area contributed by atoms with Crippen LogP contribution in [0.4, 0.5) is 0 Å². The Balaban J connectivity index is 1.67. The van der Waals surface area contributed by atoms with Crippen LogP contribution in [0.1, 0.15) is 39.4 Å². The lowest BCUT2D eigenvalue weighted by Crippen LogP contribution is -2.32. The number of rotatable bonds is 2. The highest BCUT2D eigenvalue weighted by Crippen LogP contribution is 2.33. The van der Waals surface area contributed by atoms with Gasteiger partial charge in [-0.25, -0.2) is 0 Å². The summed E-state index contributed by atoms with van der Waals surface area (Å²) in [5, 5.41) is 7.59. The Bertz CT molecular complexity index is 451. The Morgan fingerprint density at radius 2 is 2.16 bits per heavy atom. The second-order valence-electron chi connectivity index (χ2n) is 7.01. The quantitative estimate of drug-likeness (QED) is 0.875. The van der Waals surface area contributed by atoms with Gasteiger partial charge in [-0.1, -0.05) is 25.9 Å². The van der Waals surface area contributed by atoms with E-state index in [-0.39, 0.29) is 5.41 Å². The fraction of sp³-hybridized carbons (Fsp3) is 0.857. The van der Waals surface area contributed by atoms with Crippen LogP contribution in [0, 0.1) is 11.8 Å². The van der Waals surface area contributed by atoms with Gasteiger partial charge in [-0.05, 0) is 31.8 Å². The molecule has 1 N–H and O–H groups in total. The molecule has 0 saturated carbocycles. The Kier molecular flexibility index (Phi) is 3.14. The third-order valence-electron chi connectivity index (χ3n) is 4.53. The SMILES string of the molecule is CC1C2CNCC2CN1Cc1nc(C(C)(C)C)no1. The molecular formula is C14H24N4O. The van der Waals surface area contributed by atoms with Gasteiger partial charge in [-0.3, -0.25) is 4.90 Å². The lowest BCUT2D eigenvalue weighted by atomic mass is 9.95. The largest absolute Gasteiger partial charge is 0.338 e. The molecule has 1 aromatic rings. The highest BCUT2D eigenvalue weighted by molar-refractivity contribution is 5.02. The normalized spacial score (nSPS) is 31.9. The van der Waals surface area contributed by atoms with Crippen molar-refractivity contribution in [2.24, 2.45) is 11.8 Å². The summed E-state index contributed by atoms with van der Waals surface area (Å²) in [4.78, 5) is 7.02. The summed E-state index contributed by atoms with van der Waals surface area (Å²) in [6.45, 7) is 12.9. The van der Waals surface area contributed by atoms with Crippen molar-refractivity contribution >= 4 is 0 Å². The molecule has 0 spiro atoms. The van der Waals surface area contributed by atoms with E-state index < -0.39 is 0 Å². The van der Waals surface area contributed by atoms with E-state index in [2.05, 4.69) is 48.1 Å². The molecule has 0 aliphatic carbocycles. The molecule has 5 heteroatoms. The number of hydrogen-bond donors (Lipinski definition) is 1. The summed E-state index contributed by atoms with van der Waals surface area (Å²) in [6, 6.07) is 0.602. The van der Waals surface area contributed by atoms with E-state index in [4.69, 9.17) is 4.52 Å². The third-order valence-corrected chi connectivity index (χ3v) is 4.53. The van der Waals surface area contributed by atoms with Crippen molar-refractivity contribution in [3.8, 4) is 0 Å². The predicted octanol–water partition coefficient (Wildman–Crippen LogP) is 1.41. The van der Waals surface area contributed by atoms with Crippen LogP contribution in [0.5, 0.6) is 0 Å². The van der Waals surface area contributed by atoms with E-state index >= 15 is 0 Å². The average Bonchev–Trinajstić information content (AvgIpc) is 2.98. The van der Waals surface area contributed by atoms with E-state index in [0.717, 1.165) is 49.7 Å². The second kappa shape index (κ2) is 4.56. The molecule has 3 heterocycles. The maximum absolute atomic E-state index is 5.41. The summed E-state index contributed by atoms with van der Waals surface area (Å²) in [6.07, 6.45) is 0. The van der Waals surface area contributed by atoms with Gasteiger partial charge in [0.2, 0.25) is 5.89 Å². The fourth-order valence-electron chi connectivity index (χ4n) is 3.26. The zero-order valence-electron chi connectivity index (χ0n) is 12.3. The molecular weight excluding hydrogens is 240 g/mol. The van der Waals surface area contributed by atoms with Crippen molar-refractivity contribution in [2.75, 3.05) is 19.6 Å². The molecule has 2 fully saturated rings. The number of aromatic nitrogens is 2. The Labute approximate surface area is 114 Å². The third kappa shape index (κ3) is 2.41. The molecule has 2 aliphatic heterocycles. The maximum atomic E-state index is 5.41. The van der Waals surface area contributed by atoms with Gasteiger partial charge >= 0.3 is 0 Å². The van der Waals surface area contributed by atoms with Crippen LogP contribution in [0.3, 0.4) is 0 Å². The average molecular weight is 264 g/mol. The molecule has 0 radical (unpaired) electrons. The molecule has 0 aromatic carbocycles. The van der Waals surface area contributed by atoms with E-state index in [1.165, 1.54) is 0 Å². The minimum atomic E-state index is -0.0429. The van der Waals surface area contributed by atoms with Crippen LogP contribution in [-0.4, -0.2) is 40.7 Å². The van der Waals surface area contributed by atoms with Crippen molar-refractivity contribution in [3.05, 3.63) is 11.7 Å². The van der Waals surface area contributed by atoms with E-state index in [9.17, 15) is 0 Å². The van der Waals surface area contributed by atoms with Crippen LogP contribution in [-0.2, 0) is 12.0 Å². The summed E-state index contributed by atoms with van der Waals surface area (Å²) >= 11 is 0. The van der Waals surface area contributed by atoms with Crippen molar-refractivity contribution in [1.82, 2.24) is 20.4 Å². The van der Waals surface area contributed by atoms with Gasteiger partial charge in [-0.2, -0.15) is 4.98 Å². The molecule has 3 atom stereocenters. The van der Waals surface area contributed by atoms with Crippen LogP contribution < -0.4 is 5.32 Å². The maximum Gasteiger partial charge on any atom is 0.240 e. The van der Waals surface area contributed by atoms with E-state index in [1.807, 2.05) is 0 Å². The molecule has 2 aliphatic rings. The fourth-order valence-corrected chi connectivity index (χ4v) is 3.26. The second-order valence-corrected chi connectivity index (χ2v) is 7.01. The first-order valence-electron chi connectivity index (χ1n) is 7.23. The Morgan fingerprint density at radius 1 is 1.37 bits per heavy atom. The van der Waals surface area contributed by atoms with E-state index in [1.54, 1.807) is 0 Å². The number of likely N-dealkylation sites (tertiary alicyclic amines) is 1. The monoisotopic (exact) mass is 264 g/mol. The standard InChI is InChI=1S/C14H24N4O/c1-9-11-6-15-5-10(11)7-18(9)8-12-16-13(17-19-12)14(2,3)4/h9-11,15H,5-8H2,1-4H3. The first-order chi connectivity index (χ1) is 8.95. The molecule has 5 nitrogen and oxygen atoms in total. The van der Waals surface area contributed by atoms with Gasteiger partial charge in [0.05, 0.1) is 6.54 Å². The summed E-state index contributed by atoms with van der Waals surface area (Å²) < 4.78 is 5.41. The zero-order chi connectivity index (χ0) is 13.6. The molecule has 3 rings (SSSR count). The summed E-state index contributed by atoms with van der Waals surface area (Å²) in [5.41, 5.74) is -0.0429. The zero-order valence-corrected chi connectivity index (χ0v) is 12.3. The minimum absolute atomic E-state index is 0.0429. The molecule has 1 aromatic heterocycles. The molecule has 106 valence electrons. The van der Waals surface area contributed by atoms with Crippen LogP contribution in [0.15, 0.2) is 4.52 Å². The number of nitrogens with zero attached hydrogens (tertiary/aromatic N) is 3. The van der Waals surface area contributed by atoms with Crippen LogP contribution >= 0.6 is 0 Å². The molecule has 3 unspecified atom stereocenters.